The molecule has 0 saturated carbocycles. The number of nitrogens with zero attached hydrogens (tertiary/aromatic N) is 3. The Morgan fingerprint density at radius 1 is 0.746 bits per heavy atom. The summed E-state index contributed by atoms with van der Waals surface area (Å²) in [5.74, 6) is -0.863. The summed E-state index contributed by atoms with van der Waals surface area (Å²) in [6.45, 7) is 1.63. The average Bonchev–Trinajstić information content (AvgIpc) is 3.89. The first-order valence-corrected chi connectivity index (χ1v) is 25.9. The number of carbonyl (C=O) groups excluding carboxylic acids is 2. The SMILES string of the molecule is CNC(=O)c1c(-c2ccc(F)cc2)oc2cc(N(C)S(C)(=O)=O)c(-c3cccnc3)cc12.CNC(=O)c1c(-c2ccc(F)cc2)oc2cc(N(C)S(C)(=O)=O)c(C3CCCNC3)cc12.[HH].[O]=[Pt]=[O]. The molecule has 7 aromatic rings. The summed E-state index contributed by atoms with van der Waals surface area (Å²) in [6.07, 6.45) is 7.36. The number of fused-ring (bicyclic) bond motifs is 2. The molecule has 0 radical (unpaired) electrons. The predicted octanol–water partition coefficient (Wildman–Crippen LogP) is 7.52. The van der Waals surface area contributed by atoms with E-state index in [1.165, 1.54) is 68.9 Å². The Bertz CT molecular complexity index is 3220. The van der Waals surface area contributed by atoms with Crippen molar-refractivity contribution < 1.29 is 70.8 Å². The quantitative estimate of drug-likeness (QED) is 0.121. The summed E-state index contributed by atoms with van der Waals surface area (Å²) in [7, 11) is -1.11. The molecule has 16 nitrogen and oxygen atoms in total. The number of halogens is 2. The Morgan fingerprint density at radius 2 is 1.22 bits per heavy atom. The Labute approximate surface area is 395 Å². The zero-order chi connectivity index (χ0) is 48.8. The third kappa shape index (κ3) is 11.1. The van der Waals surface area contributed by atoms with Crippen molar-refractivity contribution in [1.29, 1.82) is 0 Å². The second-order valence-electron chi connectivity index (χ2n) is 15.4. The summed E-state index contributed by atoms with van der Waals surface area (Å²) >= 11 is -1.92. The van der Waals surface area contributed by atoms with Crippen molar-refractivity contribution in [3.8, 4) is 33.8 Å². The molecule has 0 spiro atoms. The van der Waals surface area contributed by atoms with Gasteiger partial charge in [0.1, 0.15) is 34.3 Å². The first-order chi connectivity index (χ1) is 31.8. The Kier molecular flexibility index (Phi) is 15.8. The maximum atomic E-state index is 13.5. The molecule has 1 aliphatic heterocycles. The fourth-order valence-corrected chi connectivity index (χ4v) is 8.70. The monoisotopic (exact) mass is 1140 g/mol. The number of sulfonamides is 2. The van der Waals surface area contributed by atoms with Gasteiger partial charge in [-0.2, -0.15) is 0 Å². The Balaban J connectivity index is 0.000000237. The van der Waals surface area contributed by atoms with Gasteiger partial charge in [0, 0.05) is 93.7 Å². The molecule has 4 aromatic carbocycles. The van der Waals surface area contributed by atoms with E-state index in [9.17, 15) is 35.2 Å². The van der Waals surface area contributed by atoms with Gasteiger partial charge in [0.2, 0.25) is 20.0 Å². The molecule has 0 aliphatic carbocycles. The number of hydrogen-bond donors (Lipinski definition) is 3. The molecular formula is C46H48F2N6O10PtS2. The molecule has 8 rings (SSSR count). The van der Waals surface area contributed by atoms with Crippen LogP contribution in [-0.2, 0) is 45.3 Å². The average molecular weight is 1140 g/mol. The second kappa shape index (κ2) is 21.1. The first-order valence-electron chi connectivity index (χ1n) is 20.3. The molecule has 1 aliphatic rings. The van der Waals surface area contributed by atoms with E-state index in [-0.39, 0.29) is 30.5 Å². The predicted molar refractivity (Wildman–Crippen MR) is 248 cm³/mol. The fourth-order valence-electron chi connectivity index (χ4n) is 7.68. The van der Waals surface area contributed by atoms with E-state index in [1.807, 2.05) is 6.07 Å². The van der Waals surface area contributed by atoms with E-state index in [1.54, 1.807) is 54.9 Å². The summed E-state index contributed by atoms with van der Waals surface area (Å²) in [5.41, 5.74) is 5.37. The Hall–Kier alpha value is -6.34. The van der Waals surface area contributed by atoms with Crippen LogP contribution in [0.1, 0.15) is 46.5 Å². The number of hydrogen-bond acceptors (Lipinski definition) is 12. The van der Waals surface area contributed by atoms with E-state index < -0.39 is 50.2 Å². The molecule has 1 atom stereocenters. The van der Waals surface area contributed by atoms with Crippen LogP contribution < -0.4 is 24.6 Å². The molecule has 358 valence electrons. The molecule has 1 saturated heterocycles. The van der Waals surface area contributed by atoms with E-state index in [4.69, 9.17) is 15.6 Å². The second-order valence-corrected chi connectivity index (χ2v) is 19.8. The number of furan rings is 2. The van der Waals surface area contributed by atoms with Gasteiger partial charge in [-0.3, -0.25) is 23.2 Å². The third-order valence-electron chi connectivity index (χ3n) is 11.1. The normalized spacial score (nSPS) is 13.8. The summed E-state index contributed by atoms with van der Waals surface area (Å²) in [5, 5.41) is 9.71. The van der Waals surface area contributed by atoms with Crippen LogP contribution in [0.25, 0.3) is 55.7 Å². The molecule has 4 heterocycles. The molecule has 21 heteroatoms. The first kappa shape index (κ1) is 50.1. The molecule has 3 N–H and O–H groups in total. The van der Waals surface area contributed by atoms with Gasteiger partial charge in [-0.1, -0.05) is 6.07 Å². The zero-order valence-electron chi connectivity index (χ0n) is 37.0. The van der Waals surface area contributed by atoms with Gasteiger partial charge in [0.15, 0.2) is 0 Å². The van der Waals surface area contributed by atoms with Gasteiger partial charge in [0.05, 0.1) is 35.0 Å². The van der Waals surface area contributed by atoms with Crippen LogP contribution in [-0.4, -0.2) is 87.4 Å². The number of nitrogens with one attached hydrogen (secondary N) is 3. The van der Waals surface area contributed by atoms with Crippen LogP contribution in [0.5, 0.6) is 0 Å². The van der Waals surface area contributed by atoms with Crippen molar-refractivity contribution >= 4 is 65.2 Å². The van der Waals surface area contributed by atoms with E-state index >= 15 is 0 Å². The number of carbonyl (C=O) groups is 2. The Morgan fingerprint density at radius 3 is 1.66 bits per heavy atom. The van der Waals surface area contributed by atoms with E-state index in [2.05, 4.69) is 20.9 Å². The van der Waals surface area contributed by atoms with Crippen LogP contribution >= 0.6 is 0 Å². The molecule has 1 unspecified atom stereocenters. The van der Waals surface area contributed by atoms with Gasteiger partial charge in [-0.25, -0.2) is 25.6 Å². The molecule has 3 aromatic heterocycles. The molecule has 1 fully saturated rings. The standard InChI is InChI=1S/C23H26FN3O4S.C23H20FN3O4S.2O.Pt.H2/c2*1-25-23(28)21-18-11-17(15-5-4-10-26-13-15)19(27(2)32(3,29)30)12-20(18)31-22(21)14-6-8-16(24)9-7-14;;;;/h6-9,11-12,15,26H,4-5,10,13H2,1-3H3,(H,25,28);4-13H,1-3H3,(H,25,28);;;;1H. The number of anilines is 2. The van der Waals surface area contributed by atoms with Crippen LogP contribution in [0.2, 0.25) is 0 Å². The topological polar surface area (TPSA) is 218 Å². The van der Waals surface area contributed by atoms with Crippen molar-refractivity contribution in [2.75, 3.05) is 62.4 Å². The van der Waals surface area contributed by atoms with Gasteiger partial charge < -0.3 is 24.8 Å². The van der Waals surface area contributed by atoms with Gasteiger partial charge >= 0.3 is 25.3 Å². The van der Waals surface area contributed by atoms with Gasteiger partial charge in [-0.15, -0.1) is 0 Å². The van der Waals surface area contributed by atoms with Crippen molar-refractivity contribution in [3.05, 3.63) is 126 Å². The van der Waals surface area contributed by atoms with E-state index in [0.29, 0.717) is 73.4 Å². The minimum atomic E-state index is -3.59. The number of aromatic nitrogens is 1. The molecular weight excluding hydrogens is 1090 g/mol. The van der Waals surface area contributed by atoms with Crippen molar-refractivity contribution in [2.24, 2.45) is 0 Å². The van der Waals surface area contributed by atoms with Crippen LogP contribution in [0.4, 0.5) is 20.2 Å². The van der Waals surface area contributed by atoms with Crippen LogP contribution in [0.3, 0.4) is 0 Å². The van der Waals surface area contributed by atoms with Crippen molar-refractivity contribution in [2.45, 2.75) is 18.8 Å². The molecule has 0 bridgehead atoms. The number of piperidine rings is 1. The summed E-state index contributed by atoms with van der Waals surface area (Å²) in [4.78, 5) is 29.8. The number of rotatable bonds is 10. The summed E-state index contributed by atoms with van der Waals surface area (Å²) < 4.78 is 108. The summed E-state index contributed by atoms with van der Waals surface area (Å²) in [6, 6.07) is 21.7. The van der Waals surface area contributed by atoms with Crippen molar-refractivity contribution in [1.82, 2.24) is 20.9 Å². The fraction of sp³-hybridized carbons (Fsp3) is 0.239. The third-order valence-corrected chi connectivity index (χ3v) is 13.5. The number of benzene rings is 4. The van der Waals surface area contributed by atoms with Crippen LogP contribution in [0.15, 0.2) is 106 Å². The number of pyridine rings is 1. The van der Waals surface area contributed by atoms with Gasteiger partial charge in [-0.05, 0) is 97.6 Å². The van der Waals surface area contributed by atoms with E-state index in [0.717, 1.165) is 41.8 Å². The zero-order valence-corrected chi connectivity index (χ0v) is 40.9. The van der Waals surface area contributed by atoms with Crippen molar-refractivity contribution in [3.63, 3.8) is 0 Å². The van der Waals surface area contributed by atoms with Crippen LogP contribution in [0, 0.1) is 11.6 Å². The maximum absolute atomic E-state index is 13.5. The molecule has 2 amide bonds. The number of amides is 2. The molecule has 67 heavy (non-hydrogen) atoms. The van der Waals surface area contributed by atoms with Gasteiger partial charge in [0.25, 0.3) is 11.8 Å². The minimum absolute atomic E-state index is 0.